The molecule has 21 heavy (non-hydrogen) atoms. The van der Waals surface area contributed by atoms with Crippen molar-refractivity contribution in [3.05, 3.63) is 30.0 Å². The Kier molecular flexibility index (Phi) is 3.67. The lowest BCUT2D eigenvalue weighted by molar-refractivity contribution is 0.0589. The number of nitrogens with two attached hydrogens (primary N) is 1. The van der Waals surface area contributed by atoms with Gasteiger partial charge in [0, 0.05) is 0 Å². The summed E-state index contributed by atoms with van der Waals surface area (Å²) < 4.78 is 5.34. The van der Waals surface area contributed by atoms with Gasteiger partial charge < -0.3 is 10.5 Å². The van der Waals surface area contributed by atoms with E-state index in [9.17, 15) is 4.79 Å². The zero-order chi connectivity index (χ0) is 14.8. The summed E-state index contributed by atoms with van der Waals surface area (Å²) in [7, 11) is 1.30. The highest BCUT2D eigenvalue weighted by molar-refractivity contribution is 8.01. The van der Waals surface area contributed by atoms with Crippen LogP contribution in [-0.2, 0) is 4.74 Å². The van der Waals surface area contributed by atoms with Gasteiger partial charge in [-0.3, -0.25) is 0 Å². The molecule has 0 fully saturated rings. The average Bonchev–Trinajstić information content (AvgIpc) is 2.91. The van der Waals surface area contributed by atoms with E-state index in [1.807, 2.05) is 18.2 Å². The van der Waals surface area contributed by atoms with Crippen LogP contribution in [0.25, 0.3) is 11.0 Å². The Morgan fingerprint density at radius 1 is 1.24 bits per heavy atom. The number of nitrogens with zero attached hydrogens (tertiary/aromatic N) is 4. The van der Waals surface area contributed by atoms with Crippen LogP contribution in [-0.4, -0.2) is 33.2 Å². The smallest absolute Gasteiger partial charge is 0.359 e. The zero-order valence-electron chi connectivity index (χ0n) is 10.8. The molecule has 0 unspecified atom stereocenters. The summed E-state index contributed by atoms with van der Waals surface area (Å²) >= 11 is 2.40. The molecule has 0 saturated carbocycles. The normalized spacial score (nSPS) is 10.7. The maximum absolute atomic E-state index is 11.9. The number of hydrogen-bond donors (Lipinski definition) is 1. The minimum Gasteiger partial charge on any atom is -0.464 e. The van der Waals surface area contributed by atoms with Gasteiger partial charge in [-0.25, -0.2) is 14.8 Å². The van der Waals surface area contributed by atoms with Gasteiger partial charge in [0.05, 0.1) is 18.1 Å². The predicted molar refractivity (Wildman–Crippen MR) is 79.3 cm³/mol. The van der Waals surface area contributed by atoms with E-state index >= 15 is 0 Å². The van der Waals surface area contributed by atoms with Gasteiger partial charge >= 0.3 is 5.97 Å². The molecule has 106 valence electrons. The quantitative estimate of drug-likeness (QED) is 0.731. The molecular weight excluding hydrogens is 310 g/mol. The molecule has 0 spiro atoms. The molecule has 1 aromatic carbocycles. The van der Waals surface area contributed by atoms with Crippen LogP contribution in [0.4, 0.5) is 5.13 Å². The van der Waals surface area contributed by atoms with Crippen LogP contribution in [0.3, 0.4) is 0 Å². The molecule has 0 bridgehead atoms. The number of benzene rings is 1. The standard InChI is InChI=1S/C12H9N5O2S2/c1-19-10(18)8-9(20-12-17-16-11(13)21-12)15-7-5-3-2-4-6(7)14-8/h2-5H,1H3,(H2,13,16). The molecule has 2 N–H and O–H groups in total. The summed E-state index contributed by atoms with van der Waals surface area (Å²) in [6.07, 6.45) is 0. The summed E-state index contributed by atoms with van der Waals surface area (Å²) in [5, 5.41) is 8.40. The molecular formula is C12H9N5O2S2. The number of nitrogen functional groups attached to an aromatic ring is 1. The fourth-order valence-corrected chi connectivity index (χ4v) is 3.25. The molecule has 0 aliphatic heterocycles. The van der Waals surface area contributed by atoms with Crippen LogP contribution in [0.2, 0.25) is 0 Å². The van der Waals surface area contributed by atoms with Crippen molar-refractivity contribution >= 4 is 45.2 Å². The lowest BCUT2D eigenvalue weighted by atomic mass is 10.3. The molecule has 3 rings (SSSR count). The van der Waals surface area contributed by atoms with E-state index in [4.69, 9.17) is 10.5 Å². The molecule has 7 nitrogen and oxygen atoms in total. The number of hydrogen-bond acceptors (Lipinski definition) is 9. The summed E-state index contributed by atoms with van der Waals surface area (Å²) in [5.74, 6) is -0.548. The number of carbonyl (C=O) groups is 1. The number of carbonyl (C=O) groups excluding carboxylic acids is 1. The van der Waals surface area contributed by atoms with Crippen LogP contribution < -0.4 is 5.73 Å². The Hall–Kier alpha value is -2.26. The third-order valence-electron chi connectivity index (χ3n) is 2.52. The zero-order valence-corrected chi connectivity index (χ0v) is 12.4. The van der Waals surface area contributed by atoms with Gasteiger partial charge in [-0.2, -0.15) is 0 Å². The van der Waals surface area contributed by atoms with Gasteiger partial charge in [-0.1, -0.05) is 23.5 Å². The first-order valence-corrected chi connectivity index (χ1v) is 7.42. The van der Waals surface area contributed by atoms with Gasteiger partial charge in [0.15, 0.2) is 10.0 Å². The molecule has 2 aromatic heterocycles. The fraction of sp³-hybridized carbons (Fsp3) is 0.0833. The van der Waals surface area contributed by atoms with Crippen molar-refractivity contribution in [3.63, 3.8) is 0 Å². The molecule has 0 amide bonds. The molecule has 3 aromatic rings. The fourth-order valence-electron chi connectivity index (χ4n) is 1.63. The lowest BCUT2D eigenvalue weighted by Gasteiger charge is -2.06. The molecule has 0 aliphatic carbocycles. The van der Waals surface area contributed by atoms with E-state index in [0.717, 1.165) is 0 Å². The van der Waals surface area contributed by atoms with Crippen molar-refractivity contribution in [1.82, 2.24) is 20.2 Å². The van der Waals surface area contributed by atoms with Crippen molar-refractivity contribution in [2.24, 2.45) is 0 Å². The number of esters is 1. The van der Waals surface area contributed by atoms with Crippen molar-refractivity contribution in [1.29, 1.82) is 0 Å². The molecule has 2 heterocycles. The first kappa shape index (κ1) is 13.7. The van der Waals surface area contributed by atoms with Crippen molar-refractivity contribution in [2.75, 3.05) is 12.8 Å². The predicted octanol–water partition coefficient (Wildman–Crippen LogP) is 2.00. The van der Waals surface area contributed by atoms with Gasteiger partial charge in [0.25, 0.3) is 0 Å². The Morgan fingerprint density at radius 2 is 1.95 bits per heavy atom. The van der Waals surface area contributed by atoms with Crippen LogP contribution >= 0.6 is 23.1 Å². The van der Waals surface area contributed by atoms with Crippen LogP contribution in [0, 0.1) is 0 Å². The highest BCUT2D eigenvalue weighted by Crippen LogP contribution is 2.32. The van der Waals surface area contributed by atoms with Crippen molar-refractivity contribution in [2.45, 2.75) is 9.37 Å². The summed E-state index contributed by atoms with van der Waals surface area (Å²) in [4.78, 5) is 20.6. The van der Waals surface area contributed by atoms with Crippen LogP contribution in [0.1, 0.15) is 10.5 Å². The highest BCUT2D eigenvalue weighted by atomic mass is 32.2. The number of fused-ring (bicyclic) bond motifs is 1. The minimum absolute atomic E-state index is 0.148. The van der Waals surface area contributed by atoms with E-state index in [-0.39, 0.29) is 5.69 Å². The van der Waals surface area contributed by atoms with Gasteiger partial charge in [-0.05, 0) is 23.9 Å². The second kappa shape index (κ2) is 5.62. The third-order valence-corrected chi connectivity index (χ3v) is 4.30. The van der Waals surface area contributed by atoms with Crippen molar-refractivity contribution in [3.8, 4) is 0 Å². The van der Waals surface area contributed by atoms with Crippen molar-refractivity contribution < 1.29 is 9.53 Å². The summed E-state index contributed by atoms with van der Waals surface area (Å²) in [5.41, 5.74) is 7.01. The van der Waals surface area contributed by atoms with E-state index < -0.39 is 5.97 Å². The van der Waals surface area contributed by atoms with Crippen LogP contribution in [0.15, 0.2) is 33.6 Å². The minimum atomic E-state index is -0.548. The monoisotopic (exact) mass is 319 g/mol. The van der Waals surface area contributed by atoms with Gasteiger partial charge in [-0.15, -0.1) is 10.2 Å². The highest BCUT2D eigenvalue weighted by Gasteiger charge is 2.19. The second-order valence-corrected chi connectivity index (χ2v) is 6.11. The molecule has 0 radical (unpaired) electrons. The molecule has 0 aliphatic rings. The maximum Gasteiger partial charge on any atom is 0.359 e. The maximum atomic E-state index is 11.9. The Labute approximate surface area is 127 Å². The topological polar surface area (TPSA) is 104 Å². The van der Waals surface area contributed by atoms with E-state index in [2.05, 4.69) is 20.2 Å². The van der Waals surface area contributed by atoms with E-state index in [1.165, 1.54) is 30.2 Å². The number of anilines is 1. The number of rotatable bonds is 3. The van der Waals surface area contributed by atoms with E-state index in [0.29, 0.717) is 25.5 Å². The summed E-state index contributed by atoms with van der Waals surface area (Å²) in [6, 6.07) is 7.29. The van der Waals surface area contributed by atoms with Gasteiger partial charge in [0.2, 0.25) is 5.13 Å². The number of aromatic nitrogens is 4. The first-order chi connectivity index (χ1) is 10.2. The van der Waals surface area contributed by atoms with Gasteiger partial charge in [0.1, 0.15) is 5.03 Å². The molecule has 0 atom stereocenters. The largest absolute Gasteiger partial charge is 0.464 e. The second-order valence-electron chi connectivity index (χ2n) is 3.87. The Morgan fingerprint density at radius 3 is 2.57 bits per heavy atom. The SMILES string of the molecule is COC(=O)c1nc2ccccc2nc1Sc1nnc(N)s1. The number of ether oxygens (including phenoxy) is 1. The Bertz CT molecular complexity index is 820. The molecule has 0 saturated heterocycles. The number of methoxy groups -OCH3 is 1. The summed E-state index contributed by atoms with van der Waals surface area (Å²) in [6.45, 7) is 0. The Balaban J connectivity index is 2.11. The van der Waals surface area contributed by atoms with E-state index in [1.54, 1.807) is 6.07 Å². The lowest BCUT2D eigenvalue weighted by Crippen LogP contribution is -2.08. The average molecular weight is 319 g/mol. The first-order valence-electron chi connectivity index (χ1n) is 5.79. The third kappa shape index (κ3) is 2.78. The number of para-hydroxylation sites is 2. The van der Waals surface area contributed by atoms with Crippen LogP contribution in [0.5, 0.6) is 0 Å². The molecule has 9 heteroatoms.